The van der Waals surface area contributed by atoms with Crippen LogP contribution in [-0.4, -0.2) is 43.2 Å². The number of fused-ring (bicyclic) bond motifs is 1. The summed E-state index contributed by atoms with van der Waals surface area (Å²) in [6, 6.07) is 11.8. The van der Waals surface area contributed by atoms with E-state index in [1.807, 2.05) is 4.98 Å². The van der Waals surface area contributed by atoms with E-state index in [4.69, 9.17) is 33.0 Å². The molecule has 3 aromatic carbocycles. The lowest BCUT2D eigenvalue weighted by atomic mass is 9.98. The fourth-order valence-corrected chi connectivity index (χ4v) is 4.90. The van der Waals surface area contributed by atoms with E-state index in [1.165, 1.54) is 30.3 Å². The number of halogens is 5. The molecule has 4 aromatic rings. The van der Waals surface area contributed by atoms with Gasteiger partial charge in [-0.05, 0) is 60.0 Å². The van der Waals surface area contributed by atoms with Crippen molar-refractivity contribution in [2.24, 2.45) is 0 Å². The van der Waals surface area contributed by atoms with Crippen LogP contribution >= 0.6 is 23.2 Å². The molecule has 0 aliphatic carbocycles. The Morgan fingerprint density at radius 1 is 1.02 bits per heavy atom. The van der Waals surface area contributed by atoms with Gasteiger partial charge in [0.1, 0.15) is 5.75 Å². The highest BCUT2D eigenvalue weighted by atomic mass is 35.5. The van der Waals surface area contributed by atoms with Crippen LogP contribution in [0.2, 0.25) is 10.0 Å². The third-order valence-corrected chi connectivity index (χ3v) is 6.94. The highest BCUT2D eigenvalue weighted by Gasteiger charge is 2.30. The number of amides is 1. The molecule has 0 saturated heterocycles. The predicted molar refractivity (Wildman–Crippen MR) is 144 cm³/mol. The number of ether oxygens (including phenoxy) is 1. The van der Waals surface area contributed by atoms with Crippen LogP contribution < -0.4 is 16.0 Å². The maximum atomic E-state index is 13.1. The van der Waals surface area contributed by atoms with Gasteiger partial charge in [-0.3, -0.25) is 14.6 Å². The van der Waals surface area contributed by atoms with Gasteiger partial charge >= 0.3 is 17.8 Å². The average Bonchev–Trinajstić information content (AvgIpc) is 2.92. The minimum atomic E-state index is -4.44. The largest absolute Gasteiger partial charge is 0.476 e. The molecule has 0 radical (unpaired) electrons. The van der Waals surface area contributed by atoms with Gasteiger partial charge in [0.15, 0.2) is 5.75 Å². The van der Waals surface area contributed by atoms with Gasteiger partial charge in [0.05, 0.1) is 21.3 Å². The number of aromatic nitrogens is 3. The van der Waals surface area contributed by atoms with E-state index in [2.05, 4.69) is 5.10 Å². The molecule has 0 fully saturated rings. The molecule has 1 amide bonds. The Morgan fingerprint density at radius 2 is 1.69 bits per heavy atom. The van der Waals surface area contributed by atoms with E-state index >= 15 is 0 Å². The molecular weight excluding hydrogens is 604 g/mol. The summed E-state index contributed by atoms with van der Waals surface area (Å²) in [5.41, 5.74) is -2.26. The molecule has 0 unspecified atom stereocenters. The summed E-state index contributed by atoms with van der Waals surface area (Å²) in [5, 5.41) is 12.6. The standard InChI is InChI=1S/C27H17Cl2F3N4O6/c28-19-10-16(36-26(41)33-23(37)21(34-36)25(39)40)11-20(29)22(19)42-17-5-6-18-14(9-17)7-8-35(24(18)38)12-13-1-3-15(4-2-13)27(30,31)32/h1-6,9-11H,7-8,12H2,(H,39,40)(H,33,37,41). The predicted octanol–water partition coefficient (Wildman–Crippen LogP) is 4.94. The van der Waals surface area contributed by atoms with Gasteiger partial charge in [-0.25, -0.2) is 9.59 Å². The molecule has 0 bridgehead atoms. The summed E-state index contributed by atoms with van der Waals surface area (Å²) >= 11 is 12.7. The lowest BCUT2D eigenvalue weighted by Crippen LogP contribution is -2.37. The van der Waals surface area contributed by atoms with Crippen LogP contribution in [-0.2, 0) is 19.1 Å². The molecule has 15 heteroatoms. The average molecular weight is 621 g/mol. The fraction of sp³-hybridized carbons (Fsp3) is 0.148. The Bertz CT molecular complexity index is 1830. The van der Waals surface area contributed by atoms with E-state index in [9.17, 15) is 32.3 Å². The van der Waals surface area contributed by atoms with Gasteiger partial charge in [0, 0.05) is 18.7 Å². The highest BCUT2D eigenvalue weighted by Crippen LogP contribution is 2.39. The molecule has 2 N–H and O–H groups in total. The summed E-state index contributed by atoms with van der Waals surface area (Å²) in [6.07, 6.45) is -3.99. The lowest BCUT2D eigenvalue weighted by molar-refractivity contribution is -0.137. The van der Waals surface area contributed by atoms with Crippen molar-refractivity contribution in [2.45, 2.75) is 19.1 Å². The second-order valence-electron chi connectivity index (χ2n) is 9.16. The van der Waals surface area contributed by atoms with Crippen LogP contribution in [0.4, 0.5) is 13.2 Å². The molecule has 0 atom stereocenters. The number of nitrogens with one attached hydrogen (secondary N) is 1. The fourth-order valence-electron chi connectivity index (χ4n) is 4.35. The second-order valence-corrected chi connectivity index (χ2v) is 9.97. The zero-order valence-corrected chi connectivity index (χ0v) is 22.5. The van der Waals surface area contributed by atoms with Crippen molar-refractivity contribution in [2.75, 3.05) is 6.54 Å². The van der Waals surface area contributed by atoms with Crippen LogP contribution in [0.5, 0.6) is 11.5 Å². The van der Waals surface area contributed by atoms with E-state index < -0.39 is 34.7 Å². The number of hydrogen-bond donors (Lipinski definition) is 2. The smallest absolute Gasteiger partial charge is 0.416 e. The number of aromatic carboxylic acids is 1. The zero-order chi connectivity index (χ0) is 30.3. The first-order valence-electron chi connectivity index (χ1n) is 12.0. The van der Waals surface area contributed by atoms with Crippen LogP contribution in [0, 0.1) is 0 Å². The van der Waals surface area contributed by atoms with Crippen molar-refractivity contribution in [3.05, 3.63) is 113 Å². The minimum absolute atomic E-state index is 0.00373. The number of carbonyl (C=O) groups excluding carboxylic acids is 1. The lowest BCUT2D eigenvalue weighted by Gasteiger charge is -2.29. The normalized spacial score (nSPS) is 13.2. The number of H-pyrrole nitrogens is 1. The Hall–Kier alpha value is -4.62. The molecule has 0 spiro atoms. The first kappa shape index (κ1) is 28.9. The SMILES string of the molecule is O=C(O)c1nn(-c2cc(Cl)c(Oc3ccc4c(c3)CCN(Cc3ccc(C(F)(F)F)cc3)C4=O)c(Cl)c2)c(=O)[nH]c1=O. The number of benzene rings is 3. The molecule has 1 aromatic heterocycles. The van der Waals surface area contributed by atoms with Crippen LogP contribution in [0.3, 0.4) is 0 Å². The molecular formula is C27H17Cl2F3N4O6. The molecule has 10 nitrogen and oxygen atoms in total. The maximum absolute atomic E-state index is 13.1. The van der Waals surface area contributed by atoms with E-state index in [0.717, 1.165) is 12.1 Å². The van der Waals surface area contributed by atoms with Gasteiger partial charge in [-0.1, -0.05) is 35.3 Å². The maximum Gasteiger partial charge on any atom is 0.416 e. The Morgan fingerprint density at radius 3 is 2.31 bits per heavy atom. The number of aromatic amines is 1. The third kappa shape index (κ3) is 5.74. The molecule has 1 aliphatic rings. The minimum Gasteiger partial charge on any atom is -0.476 e. The van der Waals surface area contributed by atoms with Gasteiger partial charge in [-0.2, -0.15) is 23.0 Å². The summed E-state index contributed by atoms with van der Waals surface area (Å²) in [6.45, 7) is 0.471. The number of rotatable bonds is 6. The third-order valence-electron chi connectivity index (χ3n) is 6.38. The van der Waals surface area contributed by atoms with Crippen LogP contribution in [0.1, 0.15) is 37.5 Å². The molecule has 2 heterocycles. The Kier molecular flexibility index (Phi) is 7.56. The summed E-state index contributed by atoms with van der Waals surface area (Å²) in [5.74, 6) is -1.63. The van der Waals surface area contributed by atoms with Gasteiger partial charge in [0.2, 0.25) is 5.69 Å². The Balaban J connectivity index is 1.35. The molecule has 5 rings (SSSR count). The van der Waals surface area contributed by atoms with E-state index in [0.29, 0.717) is 40.1 Å². The van der Waals surface area contributed by atoms with Crippen molar-refractivity contribution in [3.8, 4) is 17.2 Å². The number of carboxylic acids is 1. The van der Waals surface area contributed by atoms with E-state index in [1.54, 1.807) is 17.0 Å². The molecule has 42 heavy (non-hydrogen) atoms. The summed E-state index contributed by atoms with van der Waals surface area (Å²) in [4.78, 5) is 51.6. The molecule has 1 aliphatic heterocycles. The van der Waals surface area contributed by atoms with Gasteiger partial charge in [0.25, 0.3) is 11.5 Å². The second kappa shape index (κ2) is 11.0. The number of carboxylic acid groups (broad SMARTS) is 1. The van der Waals surface area contributed by atoms with Crippen molar-refractivity contribution < 1.29 is 32.6 Å². The Labute approximate surface area is 243 Å². The first-order valence-corrected chi connectivity index (χ1v) is 12.8. The first-order chi connectivity index (χ1) is 19.8. The number of alkyl halides is 3. The topological polar surface area (TPSA) is 135 Å². The van der Waals surface area contributed by atoms with Gasteiger partial charge in [-0.15, -0.1) is 0 Å². The summed E-state index contributed by atoms with van der Waals surface area (Å²) in [7, 11) is 0. The van der Waals surface area contributed by atoms with Crippen molar-refractivity contribution in [1.82, 2.24) is 19.7 Å². The molecule has 216 valence electrons. The van der Waals surface area contributed by atoms with Crippen molar-refractivity contribution >= 4 is 35.1 Å². The number of hydrogen-bond acceptors (Lipinski definition) is 6. The van der Waals surface area contributed by atoms with E-state index in [-0.39, 0.29) is 33.9 Å². The van der Waals surface area contributed by atoms with Gasteiger partial charge < -0.3 is 14.7 Å². The van der Waals surface area contributed by atoms with Crippen molar-refractivity contribution in [3.63, 3.8) is 0 Å². The van der Waals surface area contributed by atoms with Crippen LogP contribution in [0.25, 0.3) is 5.69 Å². The quantitative estimate of drug-likeness (QED) is 0.312. The monoisotopic (exact) mass is 620 g/mol. The van der Waals surface area contributed by atoms with Crippen molar-refractivity contribution in [1.29, 1.82) is 0 Å². The number of nitrogens with zero attached hydrogens (tertiary/aromatic N) is 3. The summed E-state index contributed by atoms with van der Waals surface area (Å²) < 4.78 is 45.0. The zero-order valence-electron chi connectivity index (χ0n) is 21.0. The number of carbonyl (C=O) groups is 2. The van der Waals surface area contributed by atoms with Crippen LogP contribution in [0.15, 0.2) is 64.2 Å². The highest BCUT2D eigenvalue weighted by molar-refractivity contribution is 6.37. The molecule has 0 saturated carbocycles.